The van der Waals surface area contributed by atoms with Gasteiger partial charge in [-0.1, -0.05) is 0 Å². The third-order valence-electron chi connectivity index (χ3n) is 3.28. The van der Waals surface area contributed by atoms with E-state index in [4.69, 9.17) is 0 Å². The summed E-state index contributed by atoms with van der Waals surface area (Å²) < 4.78 is 1.26. The first kappa shape index (κ1) is 12.6. The van der Waals surface area contributed by atoms with E-state index in [9.17, 15) is 0 Å². The fourth-order valence-electron chi connectivity index (χ4n) is 2.23. The molecule has 0 fully saturated rings. The van der Waals surface area contributed by atoms with Gasteiger partial charge in [-0.2, -0.15) is 0 Å². The maximum absolute atomic E-state index is 4.67. The molecular weight excluding hydrogens is 298 g/mol. The number of fused-ring (bicyclic) bond motifs is 1. The number of thiazole rings is 1. The molecule has 0 spiro atoms. The Morgan fingerprint density at radius 3 is 2.95 bits per heavy atom. The highest BCUT2D eigenvalue weighted by Crippen LogP contribution is 2.35. The average molecular weight is 309 g/mol. The van der Waals surface area contributed by atoms with Crippen LogP contribution in [0.25, 0.3) is 31.2 Å². The quantitative estimate of drug-likeness (QED) is 0.534. The van der Waals surface area contributed by atoms with E-state index in [2.05, 4.69) is 32.5 Å². The molecule has 0 aliphatic rings. The molecule has 0 radical (unpaired) electrons. The first-order valence-corrected chi connectivity index (χ1v) is 8.22. The highest BCUT2D eigenvalue weighted by atomic mass is 32.1. The average Bonchev–Trinajstić information content (AvgIpc) is 3.13. The molecule has 4 rings (SSSR count). The Morgan fingerprint density at radius 1 is 1.14 bits per heavy atom. The van der Waals surface area contributed by atoms with Gasteiger partial charge in [0.2, 0.25) is 0 Å². The van der Waals surface area contributed by atoms with Crippen molar-refractivity contribution in [2.75, 3.05) is 0 Å². The lowest BCUT2D eigenvalue weighted by atomic mass is 10.2. The Bertz CT molecular complexity index is 910. The van der Waals surface area contributed by atoms with Crippen LogP contribution in [0.1, 0.15) is 5.69 Å². The van der Waals surface area contributed by atoms with Crippen LogP contribution in [0.4, 0.5) is 0 Å². The van der Waals surface area contributed by atoms with E-state index in [-0.39, 0.29) is 0 Å². The Hall–Kier alpha value is -2.11. The molecule has 0 aliphatic heterocycles. The minimum absolute atomic E-state index is 0.990. The van der Waals surface area contributed by atoms with E-state index >= 15 is 0 Å². The summed E-state index contributed by atoms with van der Waals surface area (Å²) in [5.41, 5.74) is 3.06. The number of hydrogen-bond acceptors (Lipinski definition) is 5. The molecule has 0 unspecified atom stereocenters. The number of hydrogen-bond donors (Lipinski definition) is 0. The number of nitrogens with zero attached hydrogens (tertiary/aromatic N) is 3. The largest absolute Gasteiger partial charge is 0.264 e. The van der Waals surface area contributed by atoms with Gasteiger partial charge in [-0.15, -0.1) is 22.7 Å². The van der Waals surface area contributed by atoms with Crippen LogP contribution in [0.15, 0.2) is 48.2 Å². The first-order valence-electron chi connectivity index (χ1n) is 6.53. The Morgan fingerprint density at radius 2 is 2.10 bits per heavy atom. The Kier molecular flexibility index (Phi) is 3.02. The van der Waals surface area contributed by atoms with E-state index in [1.807, 2.05) is 31.5 Å². The number of aryl methyl sites for hydroxylation is 1. The Labute approximate surface area is 130 Å². The van der Waals surface area contributed by atoms with Crippen LogP contribution in [0.3, 0.4) is 0 Å². The van der Waals surface area contributed by atoms with Gasteiger partial charge < -0.3 is 0 Å². The van der Waals surface area contributed by atoms with Crippen molar-refractivity contribution in [1.82, 2.24) is 15.0 Å². The second-order valence-corrected chi connectivity index (χ2v) is 6.65. The maximum Gasteiger partial charge on any atom is 0.125 e. The fourth-order valence-corrected chi connectivity index (χ4v) is 4.05. The first-order chi connectivity index (χ1) is 10.3. The van der Waals surface area contributed by atoms with E-state index in [1.54, 1.807) is 28.9 Å². The van der Waals surface area contributed by atoms with Gasteiger partial charge in [-0.25, -0.2) is 4.98 Å². The number of aromatic nitrogens is 3. The molecule has 5 heteroatoms. The topological polar surface area (TPSA) is 38.7 Å². The molecule has 4 aromatic heterocycles. The van der Waals surface area contributed by atoms with Crippen molar-refractivity contribution < 1.29 is 0 Å². The smallest absolute Gasteiger partial charge is 0.125 e. The van der Waals surface area contributed by atoms with Gasteiger partial charge in [0.25, 0.3) is 0 Å². The second-order valence-electron chi connectivity index (χ2n) is 4.70. The predicted octanol–water partition coefficient (Wildman–Crippen LogP) is 4.79. The normalized spacial score (nSPS) is 11.1. The molecule has 3 nitrogen and oxygen atoms in total. The summed E-state index contributed by atoms with van der Waals surface area (Å²) in [6.07, 6.45) is 5.55. The van der Waals surface area contributed by atoms with Crippen molar-refractivity contribution in [2.24, 2.45) is 0 Å². The summed E-state index contributed by atoms with van der Waals surface area (Å²) in [5.74, 6) is 0. The third kappa shape index (κ3) is 2.24. The number of pyridine rings is 2. The van der Waals surface area contributed by atoms with Gasteiger partial charge in [0.05, 0.1) is 16.3 Å². The lowest BCUT2D eigenvalue weighted by Gasteiger charge is -1.97. The molecular formula is C16H11N3S2. The zero-order valence-corrected chi connectivity index (χ0v) is 12.9. The van der Waals surface area contributed by atoms with Gasteiger partial charge in [0.15, 0.2) is 0 Å². The fraction of sp³-hybridized carbons (Fsp3) is 0.0625. The molecule has 4 heterocycles. The van der Waals surface area contributed by atoms with Gasteiger partial charge in [-0.05, 0) is 36.6 Å². The summed E-state index contributed by atoms with van der Waals surface area (Å²) in [6.45, 7) is 2.03. The molecule has 21 heavy (non-hydrogen) atoms. The molecule has 0 amide bonds. The van der Waals surface area contributed by atoms with E-state index < -0.39 is 0 Å². The second kappa shape index (κ2) is 5.02. The third-order valence-corrected chi connectivity index (χ3v) is 5.38. The van der Waals surface area contributed by atoms with Gasteiger partial charge in [0.1, 0.15) is 5.01 Å². The SMILES string of the molecule is Cc1nc(-c2cccnc2)sc1-c1cc2sccc2cn1. The van der Waals surface area contributed by atoms with E-state index in [0.29, 0.717) is 0 Å². The lowest BCUT2D eigenvalue weighted by Crippen LogP contribution is -1.82. The van der Waals surface area contributed by atoms with Crippen molar-refractivity contribution in [3.8, 4) is 21.1 Å². The van der Waals surface area contributed by atoms with Crippen molar-refractivity contribution in [2.45, 2.75) is 6.92 Å². The van der Waals surface area contributed by atoms with Crippen LogP contribution >= 0.6 is 22.7 Å². The number of rotatable bonds is 2. The molecule has 0 saturated carbocycles. The van der Waals surface area contributed by atoms with Crippen LogP contribution in [0, 0.1) is 6.92 Å². The predicted molar refractivity (Wildman–Crippen MR) is 88.7 cm³/mol. The van der Waals surface area contributed by atoms with Crippen LogP contribution in [0.2, 0.25) is 0 Å². The van der Waals surface area contributed by atoms with Crippen LogP contribution < -0.4 is 0 Å². The van der Waals surface area contributed by atoms with Crippen molar-refractivity contribution in [1.29, 1.82) is 0 Å². The molecule has 4 aromatic rings. The van der Waals surface area contributed by atoms with E-state index in [1.165, 1.54) is 10.1 Å². The summed E-state index contributed by atoms with van der Waals surface area (Å²) >= 11 is 3.41. The molecule has 0 bridgehead atoms. The summed E-state index contributed by atoms with van der Waals surface area (Å²) in [4.78, 5) is 14.5. The molecule has 0 saturated heterocycles. The van der Waals surface area contributed by atoms with Gasteiger partial charge in [-0.3, -0.25) is 9.97 Å². The summed E-state index contributed by atoms with van der Waals surface area (Å²) in [5, 5.41) is 4.28. The van der Waals surface area contributed by atoms with Crippen molar-refractivity contribution in [3.63, 3.8) is 0 Å². The number of thiophene rings is 1. The van der Waals surface area contributed by atoms with Gasteiger partial charge in [0, 0.05) is 34.2 Å². The van der Waals surface area contributed by atoms with Gasteiger partial charge >= 0.3 is 0 Å². The van der Waals surface area contributed by atoms with Crippen molar-refractivity contribution >= 4 is 32.8 Å². The Balaban J connectivity index is 1.83. The zero-order valence-electron chi connectivity index (χ0n) is 11.3. The van der Waals surface area contributed by atoms with E-state index in [0.717, 1.165) is 26.8 Å². The molecule has 0 atom stereocenters. The summed E-state index contributed by atoms with van der Waals surface area (Å²) in [7, 11) is 0. The molecule has 0 N–H and O–H groups in total. The molecule has 0 aliphatic carbocycles. The van der Waals surface area contributed by atoms with Crippen LogP contribution in [0.5, 0.6) is 0 Å². The maximum atomic E-state index is 4.67. The zero-order chi connectivity index (χ0) is 14.2. The van der Waals surface area contributed by atoms with Crippen LogP contribution in [-0.4, -0.2) is 15.0 Å². The minimum atomic E-state index is 0.990. The summed E-state index contributed by atoms with van der Waals surface area (Å²) in [6, 6.07) is 8.21. The van der Waals surface area contributed by atoms with Crippen LogP contribution in [-0.2, 0) is 0 Å². The minimum Gasteiger partial charge on any atom is -0.264 e. The molecule has 0 aromatic carbocycles. The highest BCUT2D eigenvalue weighted by molar-refractivity contribution is 7.18. The lowest BCUT2D eigenvalue weighted by molar-refractivity contribution is 1.24. The standard InChI is InChI=1S/C16H11N3S2/c1-10-15(13-7-14-11(9-18-13)4-6-20-14)21-16(19-10)12-3-2-5-17-8-12/h2-9H,1H3. The molecule has 102 valence electrons. The highest BCUT2D eigenvalue weighted by Gasteiger charge is 2.13. The monoisotopic (exact) mass is 309 g/mol. The van der Waals surface area contributed by atoms with Crippen molar-refractivity contribution in [3.05, 3.63) is 53.9 Å².